The van der Waals surface area contributed by atoms with Gasteiger partial charge in [-0.1, -0.05) is 19.3 Å². The fourth-order valence-electron chi connectivity index (χ4n) is 4.09. The third-order valence-electron chi connectivity index (χ3n) is 5.50. The molecule has 5 heteroatoms. The number of hydrogen-bond donors (Lipinski definition) is 1. The first-order valence-corrected chi connectivity index (χ1v) is 8.08. The highest BCUT2D eigenvalue weighted by molar-refractivity contribution is 5.10. The van der Waals surface area contributed by atoms with Crippen LogP contribution in [0.1, 0.15) is 51.4 Å². The number of nitrogens with one attached hydrogen (secondary N) is 1. The van der Waals surface area contributed by atoms with E-state index in [0.717, 1.165) is 13.0 Å². The standard InChI is InChI=1S/C15H25F3N2/c16-15(17,18)14(7-8-14)20-10-4-9-19-13(11-20)12-5-2-1-3-6-12/h12-13,19H,1-11H2. The molecule has 3 rings (SSSR count). The molecule has 0 bridgehead atoms. The van der Waals surface area contributed by atoms with Crippen LogP contribution in [-0.4, -0.2) is 42.3 Å². The normalized spacial score (nSPS) is 32.9. The number of rotatable bonds is 2. The Bertz CT molecular complexity index is 333. The molecule has 1 aliphatic heterocycles. The number of alkyl halides is 3. The molecule has 0 spiro atoms. The third kappa shape index (κ3) is 2.71. The zero-order chi connectivity index (χ0) is 14.2. The van der Waals surface area contributed by atoms with Crippen molar-refractivity contribution in [3.63, 3.8) is 0 Å². The van der Waals surface area contributed by atoms with E-state index in [0.29, 0.717) is 31.8 Å². The summed E-state index contributed by atoms with van der Waals surface area (Å²) in [7, 11) is 0. The molecular formula is C15H25F3N2. The van der Waals surface area contributed by atoms with Crippen molar-refractivity contribution < 1.29 is 13.2 Å². The molecule has 1 atom stereocenters. The van der Waals surface area contributed by atoms with Crippen molar-refractivity contribution in [2.24, 2.45) is 5.92 Å². The Hall–Kier alpha value is -0.290. The summed E-state index contributed by atoms with van der Waals surface area (Å²) < 4.78 is 40.0. The Morgan fingerprint density at radius 2 is 1.70 bits per heavy atom. The molecule has 2 nitrogen and oxygen atoms in total. The van der Waals surface area contributed by atoms with Gasteiger partial charge in [0.15, 0.2) is 0 Å². The highest BCUT2D eigenvalue weighted by Crippen LogP contribution is 2.54. The van der Waals surface area contributed by atoms with Gasteiger partial charge in [-0.15, -0.1) is 0 Å². The lowest BCUT2D eigenvalue weighted by molar-refractivity contribution is -0.197. The maximum atomic E-state index is 13.3. The summed E-state index contributed by atoms with van der Waals surface area (Å²) in [6.45, 7) is 2.05. The lowest BCUT2D eigenvalue weighted by Crippen LogP contribution is -2.53. The Kier molecular flexibility index (Phi) is 4.01. The molecular weight excluding hydrogens is 265 g/mol. The van der Waals surface area contributed by atoms with Gasteiger partial charge < -0.3 is 5.32 Å². The minimum atomic E-state index is -4.06. The molecule has 1 heterocycles. The number of hydrogen-bond acceptors (Lipinski definition) is 2. The minimum absolute atomic E-state index is 0.262. The fraction of sp³-hybridized carbons (Fsp3) is 1.00. The molecule has 3 aliphatic rings. The van der Waals surface area contributed by atoms with Gasteiger partial charge in [0.2, 0.25) is 0 Å². The smallest absolute Gasteiger partial charge is 0.312 e. The van der Waals surface area contributed by atoms with Gasteiger partial charge in [0.25, 0.3) is 0 Å². The molecule has 0 amide bonds. The van der Waals surface area contributed by atoms with Gasteiger partial charge in [-0.05, 0) is 44.6 Å². The first-order chi connectivity index (χ1) is 9.53. The summed E-state index contributed by atoms with van der Waals surface area (Å²) in [5.41, 5.74) is -1.48. The van der Waals surface area contributed by atoms with E-state index in [4.69, 9.17) is 0 Å². The summed E-state index contributed by atoms with van der Waals surface area (Å²) in [6.07, 6.45) is 3.52. The van der Waals surface area contributed by atoms with Crippen molar-refractivity contribution in [3.8, 4) is 0 Å². The van der Waals surface area contributed by atoms with E-state index in [2.05, 4.69) is 5.32 Å². The molecule has 1 unspecified atom stereocenters. The molecule has 1 saturated heterocycles. The van der Waals surface area contributed by atoms with Crippen LogP contribution in [0.5, 0.6) is 0 Å². The van der Waals surface area contributed by atoms with Crippen LogP contribution in [-0.2, 0) is 0 Å². The lowest BCUT2D eigenvalue weighted by Gasteiger charge is -2.37. The zero-order valence-electron chi connectivity index (χ0n) is 12.0. The maximum absolute atomic E-state index is 13.3. The molecule has 1 N–H and O–H groups in total. The average Bonchev–Trinajstić information content (AvgIpc) is 3.23. The van der Waals surface area contributed by atoms with Crippen LogP contribution in [0, 0.1) is 5.92 Å². The fourth-order valence-corrected chi connectivity index (χ4v) is 4.09. The second kappa shape index (κ2) is 5.48. The minimum Gasteiger partial charge on any atom is -0.312 e. The summed E-state index contributed by atoms with van der Waals surface area (Å²) in [6, 6.07) is 0.262. The summed E-state index contributed by atoms with van der Waals surface area (Å²) in [4.78, 5) is 1.76. The topological polar surface area (TPSA) is 15.3 Å². The second-order valence-electron chi connectivity index (χ2n) is 6.79. The molecule has 0 aromatic rings. The van der Waals surface area contributed by atoms with E-state index >= 15 is 0 Å². The maximum Gasteiger partial charge on any atom is 0.406 e. The van der Waals surface area contributed by atoms with E-state index in [9.17, 15) is 13.2 Å². The van der Waals surface area contributed by atoms with Gasteiger partial charge in [0, 0.05) is 19.1 Å². The van der Waals surface area contributed by atoms with Gasteiger partial charge in [0.1, 0.15) is 5.54 Å². The summed E-state index contributed by atoms with van der Waals surface area (Å²) >= 11 is 0. The van der Waals surface area contributed by atoms with Gasteiger partial charge in [0.05, 0.1) is 0 Å². The van der Waals surface area contributed by atoms with Crippen LogP contribution < -0.4 is 5.32 Å². The van der Waals surface area contributed by atoms with Crippen molar-refractivity contribution in [1.82, 2.24) is 10.2 Å². The molecule has 3 fully saturated rings. The SMILES string of the molecule is FC(F)(F)C1(N2CCCNC(C3CCCCC3)C2)CC1. The van der Waals surface area contributed by atoms with Crippen LogP contribution in [0.3, 0.4) is 0 Å². The molecule has 0 aromatic heterocycles. The summed E-state index contributed by atoms with van der Waals surface area (Å²) in [5.74, 6) is 0.577. The predicted octanol–water partition coefficient (Wildman–Crippen LogP) is 3.33. The zero-order valence-corrected chi connectivity index (χ0v) is 12.0. The van der Waals surface area contributed by atoms with E-state index < -0.39 is 11.7 Å². The Morgan fingerprint density at radius 3 is 2.30 bits per heavy atom. The van der Waals surface area contributed by atoms with E-state index in [-0.39, 0.29) is 6.04 Å². The largest absolute Gasteiger partial charge is 0.406 e. The van der Waals surface area contributed by atoms with Gasteiger partial charge >= 0.3 is 6.18 Å². The molecule has 2 saturated carbocycles. The molecule has 0 radical (unpaired) electrons. The predicted molar refractivity (Wildman–Crippen MR) is 72.6 cm³/mol. The molecule has 20 heavy (non-hydrogen) atoms. The number of halogens is 3. The van der Waals surface area contributed by atoms with Crippen LogP contribution in [0.4, 0.5) is 13.2 Å². The van der Waals surface area contributed by atoms with E-state index in [1.54, 1.807) is 4.90 Å². The van der Waals surface area contributed by atoms with Crippen molar-refractivity contribution in [3.05, 3.63) is 0 Å². The molecule has 0 aromatic carbocycles. The second-order valence-corrected chi connectivity index (χ2v) is 6.79. The van der Waals surface area contributed by atoms with E-state index in [1.165, 1.54) is 32.1 Å². The Balaban J connectivity index is 1.69. The first kappa shape index (κ1) is 14.6. The lowest BCUT2D eigenvalue weighted by atomic mass is 9.83. The molecule has 2 aliphatic carbocycles. The van der Waals surface area contributed by atoms with Crippen LogP contribution >= 0.6 is 0 Å². The van der Waals surface area contributed by atoms with E-state index in [1.807, 2.05) is 0 Å². The van der Waals surface area contributed by atoms with Gasteiger partial charge in [-0.25, -0.2) is 0 Å². The average molecular weight is 290 g/mol. The monoisotopic (exact) mass is 290 g/mol. The Morgan fingerprint density at radius 1 is 1.00 bits per heavy atom. The van der Waals surface area contributed by atoms with Crippen molar-refractivity contribution in [1.29, 1.82) is 0 Å². The van der Waals surface area contributed by atoms with Crippen molar-refractivity contribution in [2.45, 2.75) is 69.1 Å². The van der Waals surface area contributed by atoms with Gasteiger partial charge in [-0.2, -0.15) is 13.2 Å². The van der Waals surface area contributed by atoms with Crippen LogP contribution in [0.25, 0.3) is 0 Å². The highest BCUT2D eigenvalue weighted by Gasteiger charge is 2.66. The van der Waals surface area contributed by atoms with Crippen LogP contribution in [0.15, 0.2) is 0 Å². The third-order valence-corrected chi connectivity index (χ3v) is 5.50. The Labute approximate surface area is 119 Å². The quantitative estimate of drug-likeness (QED) is 0.839. The van der Waals surface area contributed by atoms with Crippen molar-refractivity contribution >= 4 is 0 Å². The van der Waals surface area contributed by atoms with Gasteiger partial charge in [-0.3, -0.25) is 4.90 Å². The first-order valence-electron chi connectivity index (χ1n) is 8.08. The van der Waals surface area contributed by atoms with Crippen LogP contribution in [0.2, 0.25) is 0 Å². The summed E-state index contributed by atoms with van der Waals surface area (Å²) in [5, 5.41) is 3.52. The van der Waals surface area contributed by atoms with Crippen molar-refractivity contribution in [2.75, 3.05) is 19.6 Å². The molecule has 116 valence electrons. The highest BCUT2D eigenvalue weighted by atomic mass is 19.4. The number of nitrogens with zero attached hydrogens (tertiary/aromatic N) is 1.